The molecule has 2 fully saturated rings. The Kier molecular flexibility index (Phi) is 3.23. The quantitative estimate of drug-likeness (QED) is 0.918. The summed E-state index contributed by atoms with van der Waals surface area (Å²) in [6, 6.07) is 0.755. The number of rotatable bonds is 3. The van der Waals surface area contributed by atoms with Crippen LogP contribution in [0.15, 0.2) is 5.38 Å². The van der Waals surface area contributed by atoms with Crippen LogP contribution in [0.1, 0.15) is 50.7 Å². The number of hydrogen-bond donors (Lipinski definition) is 1. The zero-order valence-corrected chi connectivity index (χ0v) is 13.1. The molecule has 0 bridgehead atoms. The normalized spacial score (nSPS) is 28.8. The zero-order valence-electron chi connectivity index (χ0n) is 11.5. The number of thiazole rings is 1. The van der Waals surface area contributed by atoms with Gasteiger partial charge in [0.05, 0.1) is 11.2 Å². The van der Waals surface area contributed by atoms with E-state index in [2.05, 4.69) is 43.2 Å². The van der Waals surface area contributed by atoms with Crippen molar-refractivity contribution in [1.82, 2.24) is 10.3 Å². The van der Waals surface area contributed by atoms with Crippen molar-refractivity contribution in [2.45, 2.75) is 57.0 Å². The van der Waals surface area contributed by atoms with Crippen LogP contribution in [0, 0.1) is 0 Å². The van der Waals surface area contributed by atoms with Crippen LogP contribution in [0.3, 0.4) is 0 Å². The predicted octanol–water partition coefficient (Wildman–Crippen LogP) is 3.52. The van der Waals surface area contributed by atoms with Gasteiger partial charge >= 0.3 is 0 Å². The Morgan fingerprint density at radius 2 is 2.17 bits per heavy atom. The van der Waals surface area contributed by atoms with E-state index >= 15 is 0 Å². The number of nitrogens with one attached hydrogen (secondary N) is 1. The molecule has 1 aromatic heterocycles. The van der Waals surface area contributed by atoms with Crippen LogP contribution in [0.2, 0.25) is 0 Å². The Morgan fingerprint density at radius 3 is 2.67 bits per heavy atom. The number of thioether (sulfide) groups is 1. The number of hydrogen-bond acceptors (Lipinski definition) is 4. The highest BCUT2D eigenvalue weighted by molar-refractivity contribution is 7.99. The topological polar surface area (TPSA) is 24.9 Å². The van der Waals surface area contributed by atoms with Gasteiger partial charge in [0.25, 0.3) is 0 Å². The first-order valence-electron chi connectivity index (χ1n) is 6.82. The lowest BCUT2D eigenvalue weighted by molar-refractivity contribution is 0.369. The highest BCUT2D eigenvalue weighted by atomic mass is 32.2. The monoisotopic (exact) mass is 282 g/mol. The first kappa shape index (κ1) is 12.9. The molecule has 0 aromatic carbocycles. The molecule has 2 heterocycles. The zero-order chi connectivity index (χ0) is 12.8. The van der Waals surface area contributed by atoms with Gasteiger partial charge in [0.15, 0.2) is 0 Å². The fourth-order valence-electron chi connectivity index (χ4n) is 2.37. The van der Waals surface area contributed by atoms with Crippen LogP contribution < -0.4 is 5.32 Å². The van der Waals surface area contributed by atoms with E-state index in [4.69, 9.17) is 4.98 Å². The third kappa shape index (κ3) is 2.47. The molecule has 1 saturated heterocycles. The van der Waals surface area contributed by atoms with Crippen molar-refractivity contribution in [1.29, 1.82) is 0 Å². The predicted molar refractivity (Wildman–Crippen MR) is 80.6 cm³/mol. The Bertz CT molecular complexity index is 423. The van der Waals surface area contributed by atoms with Crippen LogP contribution in [0.5, 0.6) is 0 Å². The maximum absolute atomic E-state index is 4.96. The molecule has 1 atom stereocenters. The van der Waals surface area contributed by atoms with Gasteiger partial charge in [-0.1, -0.05) is 20.8 Å². The van der Waals surface area contributed by atoms with Crippen molar-refractivity contribution in [3.8, 4) is 0 Å². The SMILES string of the molecule is CC(C)(C)c1csc(C2(NC3CC3)CCSC2)n1. The van der Waals surface area contributed by atoms with E-state index in [1.807, 2.05) is 11.3 Å². The summed E-state index contributed by atoms with van der Waals surface area (Å²) in [7, 11) is 0. The van der Waals surface area contributed by atoms with E-state index in [1.165, 1.54) is 41.5 Å². The molecular formula is C14H22N2S2. The summed E-state index contributed by atoms with van der Waals surface area (Å²) < 4.78 is 0. The molecule has 1 aliphatic carbocycles. The minimum absolute atomic E-state index is 0.168. The third-order valence-electron chi connectivity index (χ3n) is 3.76. The Hall–Kier alpha value is -0.0600. The van der Waals surface area contributed by atoms with Crippen molar-refractivity contribution in [3.05, 3.63) is 16.1 Å². The largest absolute Gasteiger partial charge is 0.302 e. The highest BCUT2D eigenvalue weighted by Gasteiger charge is 2.42. The summed E-state index contributed by atoms with van der Waals surface area (Å²) in [5.41, 5.74) is 1.60. The van der Waals surface area contributed by atoms with Crippen molar-refractivity contribution < 1.29 is 0 Å². The van der Waals surface area contributed by atoms with E-state index in [9.17, 15) is 0 Å². The lowest BCUT2D eigenvalue weighted by Crippen LogP contribution is -2.43. The second-order valence-corrected chi connectivity index (χ2v) is 8.55. The average Bonchev–Trinajstić information content (AvgIpc) is 2.83. The summed E-state index contributed by atoms with van der Waals surface area (Å²) in [6.07, 6.45) is 3.94. The fraction of sp³-hybridized carbons (Fsp3) is 0.786. The van der Waals surface area contributed by atoms with Crippen LogP contribution in [-0.2, 0) is 11.0 Å². The molecule has 1 aromatic rings. The smallest absolute Gasteiger partial charge is 0.114 e. The summed E-state index contributed by atoms with van der Waals surface area (Å²) in [5.74, 6) is 2.46. The number of aromatic nitrogens is 1. The van der Waals surface area contributed by atoms with Gasteiger partial charge in [-0.25, -0.2) is 4.98 Å². The summed E-state index contributed by atoms with van der Waals surface area (Å²) >= 11 is 3.92. The Labute approximate surface area is 118 Å². The van der Waals surface area contributed by atoms with Crippen molar-refractivity contribution in [2.24, 2.45) is 0 Å². The third-order valence-corrected chi connectivity index (χ3v) is 6.00. The molecule has 4 heteroatoms. The minimum Gasteiger partial charge on any atom is -0.302 e. The summed E-state index contributed by atoms with van der Waals surface area (Å²) in [4.78, 5) is 4.96. The maximum atomic E-state index is 4.96. The second-order valence-electron chi connectivity index (χ2n) is 6.59. The van der Waals surface area contributed by atoms with Crippen LogP contribution in [0.25, 0.3) is 0 Å². The van der Waals surface area contributed by atoms with Gasteiger partial charge in [-0.05, 0) is 25.0 Å². The molecule has 1 saturated carbocycles. The minimum atomic E-state index is 0.168. The average molecular weight is 282 g/mol. The van der Waals surface area contributed by atoms with Gasteiger partial charge in [0.2, 0.25) is 0 Å². The molecule has 1 aliphatic heterocycles. The lowest BCUT2D eigenvalue weighted by atomic mass is 9.93. The fourth-order valence-corrected chi connectivity index (χ4v) is 5.05. The van der Waals surface area contributed by atoms with Gasteiger partial charge in [-0.15, -0.1) is 11.3 Å². The van der Waals surface area contributed by atoms with E-state index in [0.717, 1.165) is 6.04 Å². The molecule has 2 aliphatic rings. The van der Waals surface area contributed by atoms with Gasteiger partial charge in [0.1, 0.15) is 5.01 Å². The Morgan fingerprint density at radius 1 is 1.39 bits per heavy atom. The van der Waals surface area contributed by atoms with E-state index < -0.39 is 0 Å². The van der Waals surface area contributed by atoms with Crippen LogP contribution in [0.4, 0.5) is 0 Å². The first-order valence-corrected chi connectivity index (χ1v) is 8.85. The van der Waals surface area contributed by atoms with E-state index in [-0.39, 0.29) is 11.0 Å². The molecule has 2 nitrogen and oxygen atoms in total. The standard InChI is InChI=1S/C14H22N2S2/c1-13(2,3)11-8-18-12(15-11)14(6-7-17-9-14)16-10-4-5-10/h8,10,16H,4-7,9H2,1-3H3. The maximum Gasteiger partial charge on any atom is 0.114 e. The summed E-state index contributed by atoms with van der Waals surface area (Å²) in [5, 5.41) is 7.46. The van der Waals surface area contributed by atoms with E-state index in [1.54, 1.807) is 0 Å². The molecule has 1 N–H and O–H groups in total. The molecular weight excluding hydrogens is 260 g/mol. The molecule has 1 unspecified atom stereocenters. The van der Waals surface area contributed by atoms with Crippen LogP contribution in [-0.4, -0.2) is 22.5 Å². The van der Waals surface area contributed by atoms with Crippen molar-refractivity contribution >= 4 is 23.1 Å². The van der Waals surface area contributed by atoms with Crippen LogP contribution >= 0.6 is 23.1 Å². The molecule has 0 spiro atoms. The second kappa shape index (κ2) is 4.50. The van der Waals surface area contributed by atoms with Crippen molar-refractivity contribution in [2.75, 3.05) is 11.5 Å². The Balaban J connectivity index is 1.87. The molecule has 0 amide bonds. The molecule has 100 valence electrons. The van der Waals surface area contributed by atoms with Gasteiger partial charge in [0, 0.05) is 22.6 Å². The van der Waals surface area contributed by atoms with Crippen molar-refractivity contribution in [3.63, 3.8) is 0 Å². The lowest BCUT2D eigenvalue weighted by Gasteiger charge is -2.28. The molecule has 3 rings (SSSR count). The van der Waals surface area contributed by atoms with Gasteiger partial charge in [-0.3, -0.25) is 0 Å². The number of nitrogens with zero attached hydrogens (tertiary/aromatic N) is 1. The summed E-state index contributed by atoms with van der Waals surface area (Å²) in [6.45, 7) is 6.74. The van der Waals surface area contributed by atoms with Gasteiger partial charge < -0.3 is 5.32 Å². The highest BCUT2D eigenvalue weighted by Crippen LogP contribution is 2.41. The molecule has 0 radical (unpaired) electrons. The first-order chi connectivity index (χ1) is 8.50. The van der Waals surface area contributed by atoms with E-state index in [0.29, 0.717) is 0 Å². The molecule has 18 heavy (non-hydrogen) atoms. The van der Waals surface area contributed by atoms with Gasteiger partial charge in [-0.2, -0.15) is 11.8 Å².